The maximum Gasteiger partial charge on any atom is 0.155 e. The van der Waals surface area contributed by atoms with E-state index in [0.717, 1.165) is 5.57 Å². The predicted molar refractivity (Wildman–Crippen MR) is 59.4 cm³/mol. The number of rotatable bonds is 3. The summed E-state index contributed by atoms with van der Waals surface area (Å²) in [7, 11) is 0. The van der Waals surface area contributed by atoms with Gasteiger partial charge in [0.15, 0.2) is 6.29 Å². The molecule has 0 aliphatic carbocycles. The third-order valence-electron chi connectivity index (χ3n) is 2.15. The number of allylic oxidation sites excluding steroid dienone is 4. The summed E-state index contributed by atoms with van der Waals surface area (Å²) >= 11 is 0. The van der Waals surface area contributed by atoms with Crippen LogP contribution in [0.15, 0.2) is 36.5 Å². The fourth-order valence-corrected chi connectivity index (χ4v) is 1.37. The second-order valence-corrected chi connectivity index (χ2v) is 3.57. The van der Waals surface area contributed by atoms with Gasteiger partial charge in [-0.15, -0.1) is 0 Å². The zero-order chi connectivity index (χ0) is 11.3. The second kappa shape index (κ2) is 5.85. The van der Waals surface area contributed by atoms with E-state index in [0.29, 0.717) is 6.61 Å². The molecule has 3 heteroatoms. The van der Waals surface area contributed by atoms with Crippen molar-refractivity contribution in [3.05, 3.63) is 36.5 Å². The minimum absolute atomic E-state index is 0.258. The van der Waals surface area contributed by atoms with Crippen molar-refractivity contribution in [1.29, 1.82) is 0 Å². The largest absolute Gasteiger partial charge is 0.388 e. The number of ether oxygens (including phenoxy) is 2. The molecule has 15 heavy (non-hydrogen) atoms. The molecular weight excluding hydrogens is 192 g/mol. The lowest BCUT2D eigenvalue weighted by Crippen LogP contribution is -2.41. The van der Waals surface area contributed by atoms with E-state index in [4.69, 9.17) is 9.47 Å². The number of aliphatic hydroxyl groups is 1. The molecule has 3 atom stereocenters. The molecule has 3 nitrogen and oxygen atoms in total. The first-order valence-electron chi connectivity index (χ1n) is 5.06. The lowest BCUT2D eigenvalue weighted by molar-refractivity contribution is -0.230. The van der Waals surface area contributed by atoms with Gasteiger partial charge in [-0.25, -0.2) is 0 Å². The van der Waals surface area contributed by atoms with Gasteiger partial charge in [-0.1, -0.05) is 36.5 Å². The highest BCUT2D eigenvalue weighted by atomic mass is 16.7. The molecule has 0 unspecified atom stereocenters. The highest BCUT2D eigenvalue weighted by Gasteiger charge is 2.26. The molecule has 1 rings (SSSR count). The van der Waals surface area contributed by atoms with Crippen LogP contribution in [-0.2, 0) is 9.47 Å². The van der Waals surface area contributed by atoms with Gasteiger partial charge in [-0.05, 0) is 13.8 Å². The van der Waals surface area contributed by atoms with Crippen molar-refractivity contribution in [2.45, 2.75) is 32.3 Å². The van der Waals surface area contributed by atoms with E-state index in [1.54, 1.807) is 6.08 Å². The first-order valence-corrected chi connectivity index (χ1v) is 5.06. The molecule has 0 saturated carbocycles. The van der Waals surface area contributed by atoms with Gasteiger partial charge in [0, 0.05) is 0 Å². The molecule has 1 aliphatic heterocycles. The second-order valence-electron chi connectivity index (χ2n) is 3.57. The molecule has 84 valence electrons. The van der Waals surface area contributed by atoms with Crippen molar-refractivity contribution in [2.75, 3.05) is 6.61 Å². The van der Waals surface area contributed by atoms with Crippen LogP contribution in [-0.4, -0.2) is 30.2 Å². The van der Waals surface area contributed by atoms with Gasteiger partial charge in [0.2, 0.25) is 0 Å². The van der Waals surface area contributed by atoms with Crippen LogP contribution in [0.5, 0.6) is 0 Å². The summed E-state index contributed by atoms with van der Waals surface area (Å²) in [6.45, 7) is 7.69. The topological polar surface area (TPSA) is 38.7 Å². The quantitative estimate of drug-likeness (QED) is 0.722. The van der Waals surface area contributed by atoms with Gasteiger partial charge in [-0.3, -0.25) is 0 Å². The molecule has 1 fully saturated rings. The molecule has 0 bridgehead atoms. The monoisotopic (exact) mass is 210 g/mol. The summed E-state index contributed by atoms with van der Waals surface area (Å²) in [5.74, 6) is 0. The minimum atomic E-state index is -0.590. The Kier molecular flexibility index (Phi) is 4.75. The maximum atomic E-state index is 9.62. The van der Waals surface area contributed by atoms with Crippen molar-refractivity contribution < 1.29 is 14.6 Å². The maximum absolute atomic E-state index is 9.62. The molecule has 1 N–H and O–H groups in total. The Balaban J connectivity index is 2.61. The zero-order valence-electron chi connectivity index (χ0n) is 9.22. The van der Waals surface area contributed by atoms with E-state index in [9.17, 15) is 5.11 Å². The molecule has 0 spiro atoms. The van der Waals surface area contributed by atoms with E-state index < -0.39 is 6.10 Å². The average molecular weight is 210 g/mol. The van der Waals surface area contributed by atoms with Crippen molar-refractivity contribution in [1.82, 2.24) is 0 Å². The van der Waals surface area contributed by atoms with E-state index in [2.05, 4.69) is 6.58 Å². The van der Waals surface area contributed by atoms with Gasteiger partial charge in [-0.2, -0.15) is 0 Å². The first-order chi connectivity index (χ1) is 7.13. The minimum Gasteiger partial charge on any atom is -0.388 e. The van der Waals surface area contributed by atoms with E-state index >= 15 is 0 Å². The zero-order valence-corrected chi connectivity index (χ0v) is 9.22. The van der Waals surface area contributed by atoms with Crippen LogP contribution in [0.3, 0.4) is 0 Å². The summed E-state index contributed by atoms with van der Waals surface area (Å²) in [6.07, 6.45) is 6.23. The van der Waals surface area contributed by atoms with Crippen LogP contribution in [0.1, 0.15) is 13.8 Å². The molecule has 1 heterocycles. The van der Waals surface area contributed by atoms with Gasteiger partial charge in [0.1, 0.15) is 12.2 Å². The summed E-state index contributed by atoms with van der Waals surface area (Å²) in [5, 5.41) is 9.62. The Hall–Kier alpha value is -0.900. The SMILES string of the molecule is C=C/C=C/C(C)=C/[C@@H]1O[C@H](C)OC[C@H]1O. The first kappa shape index (κ1) is 12.2. The van der Waals surface area contributed by atoms with Crippen LogP contribution in [0.4, 0.5) is 0 Å². The smallest absolute Gasteiger partial charge is 0.155 e. The molecule has 0 aromatic rings. The van der Waals surface area contributed by atoms with Crippen molar-refractivity contribution in [2.24, 2.45) is 0 Å². The molecule has 1 aliphatic rings. The lowest BCUT2D eigenvalue weighted by Gasteiger charge is -2.30. The lowest BCUT2D eigenvalue weighted by atomic mass is 10.1. The fraction of sp³-hybridized carbons (Fsp3) is 0.500. The Morgan fingerprint density at radius 2 is 2.27 bits per heavy atom. The molecule has 0 radical (unpaired) electrons. The summed E-state index contributed by atoms with van der Waals surface area (Å²) < 4.78 is 10.6. The highest BCUT2D eigenvalue weighted by molar-refractivity contribution is 5.21. The van der Waals surface area contributed by atoms with Crippen LogP contribution in [0, 0.1) is 0 Å². The summed E-state index contributed by atoms with van der Waals surface area (Å²) in [5.41, 5.74) is 1.04. The van der Waals surface area contributed by atoms with Gasteiger partial charge >= 0.3 is 0 Å². The van der Waals surface area contributed by atoms with Gasteiger partial charge in [0.05, 0.1) is 6.61 Å². The molecule has 1 saturated heterocycles. The van der Waals surface area contributed by atoms with E-state index in [1.165, 1.54) is 0 Å². The Labute approximate surface area is 90.7 Å². The van der Waals surface area contributed by atoms with Crippen molar-refractivity contribution in [3.8, 4) is 0 Å². The van der Waals surface area contributed by atoms with Gasteiger partial charge < -0.3 is 14.6 Å². The average Bonchev–Trinajstić information content (AvgIpc) is 2.20. The van der Waals surface area contributed by atoms with Gasteiger partial charge in [0.25, 0.3) is 0 Å². The third-order valence-corrected chi connectivity index (χ3v) is 2.15. The van der Waals surface area contributed by atoms with Crippen molar-refractivity contribution in [3.63, 3.8) is 0 Å². The standard InChI is InChI=1S/C12H18O3/c1-4-5-6-9(2)7-12-11(13)8-14-10(3)15-12/h4-7,10-13H,1,8H2,2-3H3/b6-5+,9-7+/t10-,11-,12+/m1/s1. The Bertz CT molecular complexity index is 268. The van der Waals surface area contributed by atoms with Crippen LogP contribution < -0.4 is 0 Å². The van der Waals surface area contributed by atoms with E-state index in [-0.39, 0.29) is 12.4 Å². The normalized spacial score (nSPS) is 33.3. The molecule has 0 aromatic carbocycles. The highest BCUT2D eigenvalue weighted by Crippen LogP contribution is 2.15. The number of hydrogen-bond acceptors (Lipinski definition) is 3. The van der Waals surface area contributed by atoms with Crippen molar-refractivity contribution >= 4 is 0 Å². The molecule has 0 amide bonds. The predicted octanol–water partition coefficient (Wildman–Crippen LogP) is 1.80. The Morgan fingerprint density at radius 1 is 1.53 bits per heavy atom. The Morgan fingerprint density at radius 3 is 2.93 bits per heavy atom. The molecular formula is C12H18O3. The fourth-order valence-electron chi connectivity index (χ4n) is 1.37. The van der Waals surface area contributed by atoms with Crippen LogP contribution in [0.25, 0.3) is 0 Å². The molecule has 0 aromatic heterocycles. The van der Waals surface area contributed by atoms with Crippen LogP contribution in [0.2, 0.25) is 0 Å². The third kappa shape index (κ3) is 4.00. The summed E-state index contributed by atoms with van der Waals surface area (Å²) in [4.78, 5) is 0. The number of hydrogen-bond donors (Lipinski definition) is 1. The van der Waals surface area contributed by atoms with E-state index in [1.807, 2.05) is 32.1 Å². The van der Waals surface area contributed by atoms with Crippen LogP contribution >= 0.6 is 0 Å². The summed E-state index contributed by atoms with van der Waals surface area (Å²) in [6, 6.07) is 0. The number of aliphatic hydroxyl groups excluding tert-OH is 1.